The Balaban J connectivity index is 2.96. The van der Waals surface area contributed by atoms with Gasteiger partial charge in [0.2, 0.25) is 0 Å². The van der Waals surface area contributed by atoms with Crippen LogP contribution in [0.4, 0.5) is 13.2 Å². The number of phenolic OH excluding ortho intramolecular Hbond substituents is 1. The van der Waals surface area contributed by atoms with Crippen LogP contribution in [0, 0.1) is 3.57 Å². The van der Waals surface area contributed by atoms with Crippen LogP contribution in [-0.2, 0) is 0 Å². The first-order valence-electron chi connectivity index (χ1n) is 3.13. The minimum atomic E-state index is -4.73. The van der Waals surface area contributed by atoms with E-state index < -0.39 is 12.1 Å². The van der Waals surface area contributed by atoms with E-state index in [1.807, 2.05) is 0 Å². The summed E-state index contributed by atoms with van der Waals surface area (Å²) in [5, 5.41) is 9.04. The molecule has 0 aliphatic carbocycles. The predicted octanol–water partition coefficient (Wildman–Crippen LogP) is 2.90. The maximum atomic E-state index is 11.7. The Labute approximate surface area is 85.5 Å². The molecule has 0 atom stereocenters. The first-order chi connectivity index (χ1) is 5.90. The van der Waals surface area contributed by atoms with E-state index in [0.29, 0.717) is 0 Å². The molecule has 2 nitrogen and oxygen atoms in total. The standard InChI is InChI=1S/C7H4F3IO2/c8-7(9,10)13-5-3-1-2-4(12)6(5)11/h1-3,12H. The third-order valence-electron chi connectivity index (χ3n) is 1.17. The van der Waals surface area contributed by atoms with Crippen LogP contribution >= 0.6 is 22.6 Å². The van der Waals surface area contributed by atoms with E-state index in [2.05, 4.69) is 4.74 Å². The van der Waals surface area contributed by atoms with Gasteiger partial charge >= 0.3 is 6.36 Å². The highest BCUT2D eigenvalue weighted by Crippen LogP contribution is 2.32. The second kappa shape index (κ2) is 3.60. The molecule has 0 saturated heterocycles. The van der Waals surface area contributed by atoms with E-state index in [4.69, 9.17) is 5.11 Å². The fourth-order valence-corrected chi connectivity index (χ4v) is 1.17. The molecule has 0 saturated carbocycles. The van der Waals surface area contributed by atoms with Gasteiger partial charge in [-0.2, -0.15) is 0 Å². The highest BCUT2D eigenvalue weighted by atomic mass is 127. The lowest BCUT2D eigenvalue weighted by atomic mass is 10.3. The molecule has 1 aromatic carbocycles. The van der Waals surface area contributed by atoms with Crippen LogP contribution in [-0.4, -0.2) is 11.5 Å². The van der Waals surface area contributed by atoms with Gasteiger partial charge in [-0.1, -0.05) is 6.07 Å². The number of aromatic hydroxyl groups is 1. The first kappa shape index (κ1) is 10.4. The second-order valence-corrected chi connectivity index (χ2v) is 3.22. The molecule has 0 bridgehead atoms. The SMILES string of the molecule is Oc1cccc(OC(F)(F)F)c1I. The maximum Gasteiger partial charge on any atom is 0.573 e. The maximum absolute atomic E-state index is 11.7. The van der Waals surface area contributed by atoms with E-state index in [9.17, 15) is 13.2 Å². The Bertz CT molecular complexity index is 311. The molecule has 13 heavy (non-hydrogen) atoms. The van der Waals surface area contributed by atoms with Gasteiger partial charge in [-0.15, -0.1) is 13.2 Å². The van der Waals surface area contributed by atoms with Crippen LogP contribution in [0.2, 0.25) is 0 Å². The zero-order chi connectivity index (χ0) is 10.1. The minimum absolute atomic E-state index is 0.0393. The summed E-state index contributed by atoms with van der Waals surface area (Å²) in [7, 11) is 0. The van der Waals surface area contributed by atoms with E-state index in [1.165, 1.54) is 12.1 Å². The molecule has 1 rings (SSSR count). The lowest BCUT2D eigenvalue weighted by molar-refractivity contribution is -0.275. The van der Waals surface area contributed by atoms with Gasteiger partial charge in [0, 0.05) is 0 Å². The summed E-state index contributed by atoms with van der Waals surface area (Å²) in [4.78, 5) is 0. The van der Waals surface area contributed by atoms with Crippen molar-refractivity contribution in [2.75, 3.05) is 0 Å². The molecule has 0 fully saturated rings. The summed E-state index contributed by atoms with van der Waals surface area (Å²) < 4.78 is 38.9. The summed E-state index contributed by atoms with van der Waals surface area (Å²) in [5.41, 5.74) is 0. The van der Waals surface area contributed by atoms with Crippen LogP contribution in [0.3, 0.4) is 0 Å². The summed E-state index contributed by atoms with van der Waals surface area (Å²) in [6.45, 7) is 0. The summed E-state index contributed by atoms with van der Waals surface area (Å²) in [5.74, 6) is -0.629. The molecule has 0 spiro atoms. The molecule has 1 aromatic rings. The average molecular weight is 304 g/mol. The Kier molecular flexibility index (Phi) is 2.89. The number of phenols is 1. The van der Waals surface area contributed by atoms with E-state index in [0.717, 1.165) is 6.07 Å². The van der Waals surface area contributed by atoms with E-state index >= 15 is 0 Å². The highest BCUT2D eigenvalue weighted by Gasteiger charge is 2.32. The third kappa shape index (κ3) is 2.94. The van der Waals surface area contributed by atoms with Crippen molar-refractivity contribution in [1.82, 2.24) is 0 Å². The van der Waals surface area contributed by atoms with Crippen LogP contribution < -0.4 is 4.74 Å². The van der Waals surface area contributed by atoms with Gasteiger partial charge in [-0.3, -0.25) is 0 Å². The lowest BCUT2D eigenvalue weighted by Gasteiger charge is -2.10. The number of hydrogen-bond donors (Lipinski definition) is 1. The summed E-state index contributed by atoms with van der Waals surface area (Å²) in [6, 6.07) is 3.69. The van der Waals surface area contributed by atoms with Gasteiger partial charge < -0.3 is 9.84 Å². The molecule has 0 aliphatic heterocycles. The topological polar surface area (TPSA) is 29.5 Å². The molecular formula is C7H4F3IO2. The molecule has 0 amide bonds. The molecule has 0 aromatic heterocycles. The quantitative estimate of drug-likeness (QED) is 0.808. The van der Waals surface area contributed by atoms with Crippen molar-refractivity contribution < 1.29 is 23.0 Å². The molecule has 0 aliphatic rings. The van der Waals surface area contributed by atoms with Crippen molar-refractivity contribution in [2.24, 2.45) is 0 Å². The largest absolute Gasteiger partial charge is 0.573 e. The molecule has 0 heterocycles. The van der Waals surface area contributed by atoms with Crippen LogP contribution in [0.5, 0.6) is 11.5 Å². The summed E-state index contributed by atoms with van der Waals surface area (Å²) >= 11 is 1.57. The number of halogens is 4. The monoisotopic (exact) mass is 304 g/mol. The molecule has 72 valence electrons. The van der Waals surface area contributed by atoms with E-state index in [1.54, 1.807) is 22.6 Å². The van der Waals surface area contributed by atoms with Crippen molar-refractivity contribution in [1.29, 1.82) is 0 Å². The Morgan fingerprint density at radius 2 is 1.92 bits per heavy atom. The Morgan fingerprint density at radius 1 is 1.31 bits per heavy atom. The van der Waals surface area contributed by atoms with Crippen molar-refractivity contribution in [3.05, 3.63) is 21.8 Å². The van der Waals surface area contributed by atoms with Gasteiger partial charge in [0.1, 0.15) is 11.5 Å². The predicted molar refractivity (Wildman–Crippen MR) is 47.5 cm³/mol. The van der Waals surface area contributed by atoms with Gasteiger partial charge in [0.25, 0.3) is 0 Å². The molecule has 0 unspecified atom stereocenters. The molecule has 0 radical (unpaired) electrons. The highest BCUT2D eigenvalue weighted by molar-refractivity contribution is 14.1. The van der Waals surface area contributed by atoms with Gasteiger partial charge in [0.15, 0.2) is 0 Å². The van der Waals surface area contributed by atoms with Crippen molar-refractivity contribution in [3.8, 4) is 11.5 Å². The van der Waals surface area contributed by atoms with Crippen molar-refractivity contribution in [3.63, 3.8) is 0 Å². The number of alkyl halides is 3. The molecule has 6 heteroatoms. The average Bonchev–Trinajstić information content (AvgIpc) is 1.96. The third-order valence-corrected chi connectivity index (χ3v) is 2.25. The fourth-order valence-electron chi connectivity index (χ4n) is 0.703. The van der Waals surface area contributed by atoms with Crippen LogP contribution in [0.15, 0.2) is 18.2 Å². The van der Waals surface area contributed by atoms with Crippen LogP contribution in [0.25, 0.3) is 0 Å². The number of rotatable bonds is 1. The van der Waals surface area contributed by atoms with Crippen LogP contribution in [0.1, 0.15) is 0 Å². The lowest BCUT2D eigenvalue weighted by Crippen LogP contribution is -2.17. The van der Waals surface area contributed by atoms with Gasteiger partial charge in [0.05, 0.1) is 3.57 Å². The Hall–Kier alpha value is -0.660. The fraction of sp³-hybridized carbons (Fsp3) is 0.143. The first-order valence-corrected chi connectivity index (χ1v) is 4.21. The second-order valence-electron chi connectivity index (χ2n) is 2.14. The van der Waals surface area contributed by atoms with Gasteiger partial charge in [-0.05, 0) is 34.7 Å². The summed E-state index contributed by atoms with van der Waals surface area (Å²) in [6.07, 6.45) is -4.73. The number of benzene rings is 1. The number of ether oxygens (including phenoxy) is 1. The van der Waals surface area contributed by atoms with E-state index in [-0.39, 0.29) is 9.32 Å². The normalized spacial score (nSPS) is 11.4. The van der Waals surface area contributed by atoms with Crippen molar-refractivity contribution in [2.45, 2.75) is 6.36 Å². The zero-order valence-electron chi connectivity index (χ0n) is 6.10. The smallest absolute Gasteiger partial charge is 0.507 e. The zero-order valence-corrected chi connectivity index (χ0v) is 8.26. The molecule has 1 N–H and O–H groups in total. The van der Waals surface area contributed by atoms with Gasteiger partial charge in [-0.25, -0.2) is 0 Å². The molecular weight excluding hydrogens is 300 g/mol. The van der Waals surface area contributed by atoms with Crippen molar-refractivity contribution >= 4 is 22.6 Å². The Morgan fingerprint density at radius 3 is 2.46 bits per heavy atom. The minimum Gasteiger partial charge on any atom is -0.507 e. The number of hydrogen-bond acceptors (Lipinski definition) is 2.